The summed E-state index contributed by atoms with van der Waals surface area (Å²) in [6.07, 6.45) is 4.87. The Labute approximate surface area is 132 Å². The van der Waals surface area contributed by atoms with E-state index in [1.807, 2.05) is 0 Å². The van der Waals surface area contributed by atoms with Gasteiger partial charge in [0.15, 0.2) is 0 Å². The van der Waals surface area contributed by atoms with Gasteiger partial charge >= 0.3 is 0 Å². The number of carbonyl (C=O) groups excluding carboxylic acids is 1. The molecule has 0 spiro atoms. The number of nitrogens with zero attached hydrogens (tertiary/aromatic N) is 1. The first-order valence-electron chi connectivity index (χ1n) is 6.87. The van der Waals surface area contributed by atoms with Gasteiger partial charge in [0.25, 0.3) is 11.6 Å². The lowest BCUT2D eigenvalue weighted by Crippen LogP contribution is -2.40. The smallest absolute Gasteiger partial charge is 0.271 e. The Hall–Kier alpha value is -1.33. The normalized spacial score (nSPS) is 22.4. The van der Waals surface area contributed by atoms with Crippen LogP contribution in [0, 0.1) is 10.1 Å². The minimum atomic E-state index is -0.571. The topological polar surface area (TPSA) is 72.2 Å². The molecule has 114 valence electrons. The molecule has 1 aliphatic rings. The van der Waals surface area contributed by atoms with E-state index in [1.165, 1.54) is 18.2 Å². The fraction of sp³-hybridized carbons (Fsp3) is 0.500. The van der Waals surface area contributed by atoms with Crippen LogP contribution in [0.4, 0.5) is 5.69 Å². The van der Waals surface area contributed by atoms with Crippen LogP contribution < -0.4 is 5.32 Å². The Bertz CT molecular complexity index is 551. The minimum Gasteiger partial charge on any atom is -0.348 e. The Morgan fingerprint density at radius 2 is 1.95 bits per heavy atom. The number of nitrogens with one attached hydrogen (secondary N) is 1. The second kappa shape index (κ2) is 7.09. The van der Waals surface area contributed by atoms with Crippen LogP contribution in [-0.4, -0.2) is 22.2 Å². The van der Waals surface area contributed by atoms with Crippen LogP contribution in [0.1, 0.15) is 42.5 Å². The van der Waals surface area contributed by atoms with Crippen molar-refractivity contribution in [2.24, 2.45) is 0 Å². The Morgan fingerprint density at radius 3 is 2.67 bits per heavy atom. The predicted molar refractivity (Wildman–Crippen MR) is 82.1 cm³/mol. The molecule has 21 heavy (non-hydrogen) atoms. The van der Waals surface area contributed by atoms with Gasteiger partial charge in [-0.25, -0.2) is 0 Å². The molecule has 0 bridgehead atoms. The number of benzene rings is 1. The van der Waals surface area contributed by atoms with Crippen LogP contribution in [-0.2, 0) is 0 Å². The molecule has 0 aliphatic heterocycles. The predicted octanol–water partition coefficient (Wildman–Crippen LogP) is 3.92. The second-order valence-electron chi connectivity index (χ2n) is 5.19. The van der Waals surface area contributed by atoms with E-state index >= 15 is 0 Å². The first-order valence-corrected chi connectivity index (χ1v) is 7.69. The average molecular weight is 331 g/mol. The number of amides is 1. The molecular formula is C14H16Cl2N2O3. The van der Waals surface area contributed by atoms with Crippen molar-refractivity contribution >= 4 is 34.8 Å². The minimum absolute atomic E-state index is 0.106. The van der Waals surface area contributed by atoms with Gasteiger partial charge in [0.05, 0.1) is 10.3 Å². The maximum atomic E-state index is 12.2. The highest BCUT2D eigenvalue weighted by atomic mass is 35.5. The van der Waals surface area contributed by atoms with Crippen LogP contribution in [0.25, 0.3) is 0 Å². The molecule has 0 radical (unpaired) electrons. The van der Waals surface area contributed by atoms with Crippen molar-refractivity contribution in [2.75, 3.05) is 0 Å². The fourth-order valence-corrected chi connectivity index (χ4v) is 3.06. The molecule has 1 saturated carbocycles. The fourth-order valence-electron chi connectivity index (χ4n) is 2.49. The number of non-ortho nitro benzene ring substituents is 1. The first kappa shape index (κ1) is 16.0. The van der Waals surface area contributed by atoms with Crippen LogP contribution in [0.3, 0.4) is 0 Å². The van der Waals surface area contributed by atoms with Gasteiger partial charge in [-0.15, -0.1) is 11.6 Å². The summed E-state index contributed by atoms with van der Waals surface area (Å²) < 4.78 is 0. The monoisotopic (exact) mass is 330 g/mol. The van der Waals surface area contributed by atoms with Gasteiger partial charge < -0.3 is 5.32 Å². The van der Waals surface area contributed by atoms with Crippen molar-refractivity contribution in [3.63, 3.8) is 0 Å². The third-order valence-corrected chi connectivity index (χ3v) is 4.34. The van der Waals surface area contributed by atoms with Gasteiger partial charge in [-0.1, -0.05) is 30.9 Å². The van der Waals surface area contributed by atoms with E-state index in [0.29, 0.717) is 0 Å². The number of halogens is 2. The standard InChI is InChI=1S/C14H16Cl2N2O3/c15-10-6-9(7-11(8-10)18(20)21)14(19)17-13-5-3-1-2-4-12(13)16/h6-8,12-13H,1-5H2,(H,17,19). The molecule has 0 aromatic heterocycles. The van der Waals surface area contributed by atoms with Gasteiger partial charge in [-0.2, -0.15) is 0 Å². The van der Waals surface area contributed by atoms with Gasteiger partial charge in [0, 0.05) is 28.8 Å². The summed E-state index contributed by atoms with van der Waals surface area (Å²) in [5.41, 5.74) is -0.0155. The van der Waals surface area contributed by atoms with E-state index in [4.69, 9.17) is 23.2 Å². The summed E-state index contributed by atoms with van der Waals surface area (Å²) in [4.78, 5) is 22.5. The average Bonchev–Trinajstić information content (AvgIpc) is 2.63. The zero-order chi connectivity index (χ0) is 15.4. The zero-order valence-electron chi connectivity index (χ0n) is 11.4. The lowest BCUT2D eigenvalue weighted by molar-refractivity contribution is -0.384. The van der Waals surface area contributed by atoms with Crippen LogP contribution >= 0.6 is 23.2 Å². The molecule has 1 fully saturated rings. The van der Waals surface area contributed by atoms with E-state index < -0.39 is 4.92 Å². The van der Waals surface area contributed by atoms with Crippen LogP contribution in [0.5, 0.6) is 0 Å². The molecule has 2 atom stereocenters. The highest BCUT2D eigenvalue weighted by Gasteiger charge is 2.24. The molecule has 1 aromatic carbocycles. The van der Waals surface area contributed by atoms with Gasteiger partial charge in [-0.3, -0.25) is 14.9 Å². The van der Waals surface area contributed by atoms with E-state index in [0.717, 1.165) is 32.1 Å². The third kappa shape index (κ3) is 4.32. The van der Waals surface area contributed by atoms with E-state index in [2.05, 4.69) is 5.32 Å². The van der Waals surface area contributed by atoms with E-state index in [-0.39, 0.29) is 33.6 Å². The quantitative estimate of drug-likeness (QED) is 0.395. The van der Waals surface area contributed by atoms with Crippen molar-refractivity contribution in [1.29, 1.82) is 0 Å². The Morgan fingerprint density at radius 1 is 1.24 bits per heavy atom. The molecule has 7 heteroatoms. The number of nitro groups is 1. The maximum absolute atomic E-state index is 12.2. The third-order valence-electron chi connectivity index (χ3n) is 3.60. The van der Waals surface area contributed by atoms with Crippen molar-refractivity contribution < 1.29 is 9.72 Å². The summed E-state index contributed by atoms with van der Waals surface area (Å²) in [5.74, 6) is -0.377. The highest BCUT2D eigenvalue weighted by molar-refractivity contribution is 6.31. The summed E-state index contributed by atoms with van der Waals surface area (Å²) in [7, 11) is 0. The molecule has 2 unspecified atom stereocenters. The van der Waals surface area contributed by atoms with Gasteiger partial charge in [0.2, 0.25) is 0 Å². The lowest BCUT2D eigenvalue weighted by Gasteiger charge is -2.21. The Balaban J connectivity index is 2.14. The number of rotatable bonds is 3. The van der Waals surface area contributed by atoms with Crippen molar-refractivity contribution in [2.45, 2.75) is 43.5 Å². The van der Waals surface area contributed by atoms with Crippen LogP contribution in [0.2, 0.25) is 5.02 Å². The molecule has 0 saturated heterocycles. The molecule has 1 aromatic rings. The van der Waals surface area contributed by atoms with E-state index in [1.54, 1.807) is 0 Å². The van der Waals surface area contributed by atoms with Crippen molar-refractivity contribution in [1.82, 2.24) is 5.32 Å². The number of hydrogen-bond acceptors (Lipinski definition) is 3. The number of carbonyl (C=O) groups is 1. The van der Waals surface area contributed by atoms with E-state index in [9.17, 15) is 14.9 Å². The summed E-state index contributed by atoms with van der Waals surface area (Å²) >= 11 is 12.1. The van der Waals surface area contributed by atoms with Gasteiger partial charge in [0.1, 0.15) is 0 Å². The molecule has 0 heterocycles. The summed E-state index contributed by atoms with van der Waals surface area (Å²) in [6.45, 7) is 0. The molecule has 5 nitrogen and oxygen atoms in total. The number of alkyl halides is 1. The van der Waals surface area contributed by atoms with Crippen LogP contribution in [0.15, 0.2) is 18.2 Å². The number of nitro benzene ring substituents is 1. The molecule has 2 rings (SSSR count). The second-order valence-corrected chi connectivity index (χ2v) is 6.19. The SMILES string of the molecule is O=C(NC1CCCCCC1Cl)c1cc(Cl)cc([N+](=O)[O-])c1. The zero-order valence-corrected chi connectivity index (χ0v) is 12.9. The van der Waals surface area contributed by atoms with Crippen molar-refractivity contribution in [3.05, 3.63) is 38.9 Å². The molecule has 1 N–H and O–H groups in total. The summed E-state index contributed by atoms with van der Waals surface area (Å²) in [6, 6.07) is 3.75. The molecule has 1 aliphatic carbocycles. The lowest BCUT2D eigenvalue weighted by atomic mass is 10.1. The summed E-state index contributed by atoms with van der Waals surface area (Å²) in [5, 5.41) is 13.7. The highest BCUT2D eigenvalue weighted by Crippen LogP contribution is 2.24. The molecular weight excluding hydrogens is 315 g/mol. The Kier molecular flexibility index (Phi) is 5.42. The number of hydrogen-bond donors (Lipinski definition) is 1. The van der Waals surface area contributed by atoms with Gasteiger partial charge in [-0.05, 0) is 18.9 Å². The first-order chi connectivity index (χ1) is 9.97. The van der Waals surface area contributed by atoms with Crippen molar-refractivity contribution in [3.8, 4) is 0 Å². The largest absolute Gasteiger partial charge is 0.348 e. The maximum Gasteiger partial charge on any atom is 0.271 e. The molecule has 1 amide bonds.